The first kappa shape index (κ1) is 17.7. The maximum atomic E-state index is 11.7. The van der Waals surface area contributed by atoms with Crippen molar-refractivity contribution < 1.29 is 14.6 Å². The topological polar surface area (TPSA) is 53.0 Å². The van der Waals surface area contributed by atoms with Crippen LogP contribution in [0.15, 0.2) is 42.5 Å². The second kappa shape index (κ2) is 8.32. The van der Waals surface area contributed by atoms with Crippen LogP contribution in [0.1, 0.15) is 13.3 Å². The van der Waals surface area contributed by atoms with Crippen molar-refractivity contribution in [1.29, 1.82) is 0 Å². The highest BCUT2D eigenvalue weighted by atomic mass is 16.5. The summed E-state index contributed by atoms with van der Waals surface area (Å²) in [6, 6.07) is 14.0. The number of aliphatic hydroxyl groups is 1. The molecular formula is C20H26N2O3. The van der Waals surface area contributed by atoms with Crippen molar-refractivity contribution in [3.8, 4) is 5.75 Å². The smallest absolute Gasteiger partial charge is 0.222 e. The Kier molecular flexibility index (Phi) is 5.89. The molecule has 0 radical (unpaired) electrons. The van der Waals surface area contributed by atoms with Crippen LogP contribution in [-0.2, 0) is 4.79 Å². The molecule has 0 aromatic heterocycles. The van der Waals surface area contributed by atoms with Crippen molar-refractivity contribution in [3.05, 3.63) is 42.5 Å². The average Bonchev–Trinajstić information content (AvgIpc) is 2.66. The number of piperazine rings is 1. The van der Waals surface area contributed by atoms with Gasteiger partial charge in [0.15, 0.2) is 0 Å². The van der Waals surface area contributed by atoms with Gasteiger partial charge in [-0.3, -0.25) is 9.69 Å². The van der Waals surface area contributed by atoms with Crippen LogP contribution < -0.4 is 4.74 Å². The summed E-state index contributed by atoms with van der Waals surface area (Å²) in [4.78, 5) is 15.8. The van der Waals surface area contributed by atoms with Crippen molar-refractivity contribution in [1.82, 2.24) is 9.80 Å². The van der Waals surface area contributed by atoms with Gasteiger partial charge in [-0.25, -0.2) is 0 Å². The Balaban J connectivity index is 1.48. The average molecular weight is 342 g/mol. The molecule has 1 heterocycles. The normalized spacial score (nSPS) is 16.8. The molecule has 1 aliphatic heterocycles. The van der Waals surface area contributed by atoms with Crippen LogP contribution >= 0.6 is 0 Å². The molecule has 5 heteroatoms. The summed E-state index contributed by atoms with van der Waals surface area (Å²) in [5.41, 5.74) is 0. The number of nitrogens with zero attached hydrogens (tertiary/aromatic N) is 2. The molecular weight excluding hydrogens is 316 g/mol. The Labute approximate surface area is 148 Å². The zero-order valence-corrected chi connectivity index (χ0v) is 14.7. The molecule has 2 aromatic rings. The molecule has 1 aliphatic rings. The quantitative estimate of drug-likeness (QED) is 0.874. The zero-order valence-electron chi connectivity index (χ0n) is 14.7. The first-order chi connectivity index (χ1) is 12.2. The van der Waals surface area contributed by atoms with Gasteiger partial charge in [-0.05, 0) is 11.5 Å². The monoisotopic (exact) mass is 342 g/mol. The Morgan fingerprint density at radius 3 is 2.60 bits per heavy atom. The standard InChI is InChI=1S/C20H26N2O3/c1-2-20(24)22-12-10-21(11-13-22)14-17(23)15-25-19-9-5-7-16-6-3-4-8-18(16)19/h3-9,17,23H,2,10-15H2,1H3. The van der Waals surface area contributed by atoms with Crippen LogP contribution in [0.5, 0.6) is 5.75 Å². The third-order valence-corrected chi connectivity index (χ3v) is 4.68. The minimum atomic E-state index is -0.549. The number of carbonyl (C=O) groups excluding carboxylic acids is 1. The Bertz CT molecular complexity index is 706. The summed E-state index contributed by atoms with van der Waals surface area (Å²) in [6.07, 6.45) is 0.00833. The molecule has 0 bridgehead atoms. The Morgan fingerprint density at radius 2 is 1.84 bits per heavy atom. The van der Waals surface area contributed by atoms with Crippen LogP contribution in [0.25, 0.3) is 10.8 Å². The first-order valence-corrected chi connectivity index (χ1v) is 8.96. The van der Waals surface area contributed by atoms with Crippen molar-refractivity contribution >= 4 is 16.7 Å². The third-order valence-electron chi connectivity index (χ3n) is 4.68. The molecule has 1 saturated heterocycles. The van der Waals surface area contributed by atoms with Crippen LogP contribution in [-0.4, -0.2) is 66.2 Å². The highest BCUT2D eigenvalue weighted by Crippen LogP contribution is 2.25. The van der Waals surface area contributed by atoms with Gasteiger partial charge in [-0.15, -0.1) is 0 Å². The number of hydrogen-bond donors (Lipinski definition) is 1. The van der Waals surface area contributed by atoms with Gasteiger partial charge in [0.1, 0.15) is 18.5 Å². The second-order valence-electron chi connectivity index (χ2n) is 6.48. The third kappa shape index (κ3) is 4.50. The van der Waals surface area contributed by atoms with Crippen LogP contribution in [0.3, 0.4) is 0 Å². The van der Waals surface area contributed by atoms with Gasteiger partial charge in [-0.2, -0.15) is 0 Å². The molecule has 1 amide bonds. The van der Waals surface area contributed by atoms with Crippen molar-refractivity contribution in [2.75, 3.05) is 39.3 Å². The molecule has 2 aromatic carbocycles. The van der Waals surface area contributed by atoms with Gasteiger partial charge in [0.05, 0.1) is 0 Å². The molecule has 5 nitrogen and oxygen atoms in total. The van der Waals surface area contributed by atoms with Crippen LogP contribution in [0, 0.1) is 0 Å². The summed E-state index contributed by atoms with van der Waals surface area (Å²) < 4.78 is 5.86. The van der Waals surface area contributed by atoms with E-state index in [0.717, 1.165) is 42.7 Å². The molecule has 1 atom stereocenters. The van der Waals surface area contributed by atoms with Crippen LogP contribution in [0.2, 0.25) is 0 Å². The number of amides is 1. The number of rotatable bonds is 6. The zero-order chi connectivity index (χ0) is 17.6. The van der Waals surface area contributed by atoms with E-state index in [1.54, 1.807) is 0 Å². The lowest BCUT2D eigenvalue weighted by atomic mass is 10.1. The summed E-state index contributed by atoms with van der Waals surface area (Å²) in [7, 11) is 0. The van der Waals surface area contributed by atoms with Gasteiger partial charge in [0.2, 0.25) is 5.91 Å². The van der Waals surface area contributed by atoms with E-state index >= 15 is 0 Å². The van der Waals surface area contributed by atoms with E-state index in [2.05, 4.69) is 17.0 Å². The highest BCUT2D eigenvalue weighted by Gasteiger charge is 2.21. The fourth-order valence-electron chi connectivity index (χ4n) is 3.26. The van der Waals surface area contributed by atoms with E-state index in [1.807, 2.05) is 42.2 Å². The van der Waals surface area contributed by atoms with Crippen LogP contribution in [0.4, 0.5) is 0 Å². The predicted molar refractivity (Wildman–Crippen MR) is 98.8 cm³/mol. The van der Waals surface area contributed by atoms with Crippen molar-refractivity contribution in [2.24, 2.45) is 0 Å². The molecule has 1 fully saturated rings. The number of fused-ring (bicyclic) bond motifs is 1. The summed E-state index contributed by atoms with van der Waals surface area (Å²) in [6.45, 7) is 5.81. The summed E-state index contributed by atoms with van der Waals surface area (Å²) >= 11 is 0. The van der Waals surface area contributed by atoms with E-state index in [4.69, 9.17) is 4.74 Å². The number of benzene rings is 2. The number of carbonyl (C=O) groups is 1. The Hall–Kier alpha value is -2.11. The predicted octanol–water partition coefficient (Wildman–Crippen LogP) is 2.13. The number of ether oxygens (including phenoxy) is 1. The van der Waals surface area contributed by atoms with Gasteiger partial charge in [-0.1, -0.05) is 43.3 Å². The molecule has 1 unspecified atom stereocenters. The summed E-state index contributed by atoms with van der Waals surface area (Å²) in [5.74, 6) is 1.01. The fraction of sp³-hybridized carbons (Fsp3) is 0.450. The largest absolute Gasteiger partial charge is 0.490 e. The molecule has 0 aliphatic carbocycles. The minimum Gasteiger partial charge on any atom is -0.490 e. The molecule has 3 rings (SSSR count). The number of hydrogen-bond acceptors (Lipinski definition) is 4. The lowest BCUT2D eigenvalue weighted by Gasteiger charge is -2.35. The first-order valence-electron chi connectivity index (χ1n) is 8.96. The molecule has 0 spiro atoms. The lowest BCUT2D eigenvalue weighted by molar-refractivity contribution is -0.132. The minimum absolute atomic E-state index is 0.208. The van der Waals surface area contributed by atoms with E-state index < -0.39 is 6.10 Å². The molecule has 25 heavy (non-hydrogen) atoms. The SMILES string of the molecule is CCC(=O)N1CCN(CC(O)COc2cccc3ccccc23)CC1. The van der Waals surface area contributed by atoms with E-state index in [9.17, 15) is 9.90 Å². The van der Waals surface area contributed by atoms with Crippen molar-refractivity contribution in [3.63, 3.8) is 0 Å². The lowest BCUT2D eigenvalue weighted by Crippen LogP contribution is -2.50. The van der Waals surface area contributed by atoms with Gasteiger partial charge >= 0.3 is 0 Å². The number of aliphatic hydroxyl groups excluding tert-OH is 1. The van der Waals surface area contributed by atoms with Gasteiger partial charge < -0.3 is 14.7 Å². The number of β-amino-alcohol motifs (C(OH)–C–C–N with tert-alkyl or cyclic N) is 1. The Morgan fingerprint density at radius 1 is 1.12 bits per heavy atom. The van der Waals surface area contributed by atoms with Crippen molar-refractivity contribution in [2.45, 2.75) is 19.4 Å². The second-order valence-corrected chi connectivity index (χ2v) is 6.48. The van der Waals surface area contributed by atoms with Gasteiger partial charge in [0.25, 0.3) is 0 Å². The maximum absolute atomic E-state index is 11.7. The van der Waals surface area contributed by atoms with E-state index in [1.165, 1.54) is 0 Å². The summed E-state index contributed by atoms with van der Waals surface area (Å²) in [5, 5.41) is 12.5. The molecule has 0 saturated carbocycles. The molecule has 134 valence electrons. The fourth-order valence-corrected chi connectivity index (χ4v) is 3.26. The van der Waals surface area contributed by atoms with Gasteiger partial charge in [0, 0.05) is 44.5 Å². The highest BCUT2D eigenvalue weighted by molar-refractivity contribution is 5.88. The maximum Gasteiger partial charge on any atom is 0.222 e. The van der Waals surface area contributed by atoms with E-state index in [0.29, 0.717) is 13.0 Å². The van der Waals surface area contributed by atoms with E-state index in [-0.39, 0.29) is 12.5 Å². The molecule has 1 N–H and O–H groups in total.